The lowest BCUT2D eigenvalue weighted by atomic mass is 10.1. The van der Waals surface area contributed by atoms with Crippen molar-refractivity contribution in [2.75, 3.05) is 12.4 Å². The summed E-state index contributed by atoms with van der Waals surface area (Å²) in [6.07, 6.45) is 0. The number of pyridine rings is 1. The van der Waals surface area contributed by atoms with Gasteiger partial charge in [-0.25, -0.2) is 18.4 Å². The fourth-order valence-electron chi connectivity index (χ4n) is 3.35. The Morgan fingerprint density at radius 2 is 1.87 bits per heavy atom. The molecular weight excluding hydrogens is 390 g/mol. The maximum Gasteiger partial charge on any atom is 0.259 e. The fourth-order valence-corrected chi connectivity index (χ4v) is 3.35. The van der Waals surface area contributed by atoms with E-state index in [0.29, 0.717) is 28.5 Å². The first kappa shape index (κ1) is 19.5. The van der Waals surface area contributed by atoms with Crippen molar-refractivity contribution in [2.24, 2.45) is 0 Å². The SMILES string of the molecule is COc1ccc2cc(NC(=O)c3c(C)nn(-c4ccc(F)cc4F)c3C)ccc2n1. The van der Waals surface area contributed by atoms with E-state index in [4.69, 9.17) is 4.74 Å². The van der Waals surface area contributed by atoms with Crippen LogP contribution in [0.5, 0.6) is 5.88 Å². The van der Waals surface area contributed by atoms with Crippen LogP contribution in [0.3, 0.4) is 0 Å². The Hall–Kier alpha value is -3.81. The van der Waals surface area contributed by atoms with E-state index in [2.05, 4.69) is 15.4 Å². The minimum absolute atomic E-state index is 0.0711. The topological polar surface area (TPSA) is 69.0 Å². The number of halogens is 2. The van der Waals surface area contributed by atoms with Crippen molar-refractivity contribution in [1.29, 1.82) is 0 Å². The molecule has 0 unspecified atom stereocenters. The highest BCUT2D eigenvalue weighted by molar-refractivity contribution is 6.06. The Bertz CT molecular complexity index is 1280. The molecule has 2 aromatic carbocycles. The van der Waals surface area contributed by atoms with Crippen molar-refractivity contribution in [3.8, 4) is 11.6 Å². The van der Waals surface area contributed by atoms with Crippen LogP contribution in [0.1, 0.15) is 21.7 Å². The average Bonchev–Trinajstić information content (AvgIpc) is 3.01. The van der Waals surface area contributed by atoms with Gasteiger partial charge in [-0.3, -0.25) is 4.79 Å². The van der Waals surface area contributed by atoms with E-state index in [1.807, 2.05) is 6.07 Å². The van der Waals surface area contributed by atoms with Crippen LogP contribution in [0.4, 0.5) is 14.5 Å². The molecule has 0 saturated heterocycles. The number of aryl methyl sites for hydroxylation is 1. The predicted molar refractivity (Wildman–Crippen MR) is 109 cm³/mol. The van der Waals surface area contributed by atoms with E-state index in [9.17, 15) is 13.6 Å². The lowest BCUT2D eigenvalue weighted by Gasteiger charge is -2.09. The minimum atomic E-state index is -0.759. The molecule has 0 spiro atoms. The van der Waals surface area contributed by atoms with Crippen LogP contribution in [0.2, 0.25) is 0 Å². The Morgan fingerprint density at radius 1 is 1.07 bits per heavy atom. The Kier molecular flexibility index (Phi) is 4.91. The molecule has 4 aromatic rings. The molecule has 2 heterocycles. The third kappa shape index (κ3) is 3.47. The van der Waals surface area contributed by atoms with Gasteiger partial charge in [0.1, 0.15) is 11.5 Å². The van der Waals surface area contributed by atoms with E-state index < -0.39 is 11.6 Å². The van der Waals surface area contributed by atoms with Crippen molar-refractivity contribution < 1.29 is 18.3 Å². The molecule has 0 atom stereocenters. The summed E-state index contributed by atoms with van der Waals surface area (Å²) in [5.74, 6) is -1.31. The summed E-state index contributed by atoms with van der Waals surface area (Å²) in [6, 6.07) is 12.1. The number of fused-ring (bicyclic) bond motifs is 1. The Balaban J connectivity index is 1.65. The first-order chi connectivity index (χ1) is 14.4. The van der Waals surface area contributed by atoms with Crippen molar-refractivity contribution in [2.45, 2.75) is 13.8 Å². The van der Waals surface area contributed by atoms with Crippen molar-refractivity contribution in [3.63, 3.8) is 0 Å². The molecule has 152 valence electrons. The highest BCUT2D eigenvalue weighted by Crippen LogP contribution is 2.24. The third-order valence-electron chi connectivity index (χ3n) is 4.79. The molecule has 0 fully saturated rings. The number of nitrogens with one attached hydrogen (secondary N) is 1. The van der Waals surface area contributed by atoms with Crippen LogP contribution < -0.4 is 10.1 Å². The van der Waals surface area contributed by atoms with Gasteiger partial charge < -0.3 is 10.1 Å². The van der Waals surface area contributed by atoms with Gasteiger partial charge in [-0.15, -0.1) is 0 Å². The summed E-state index contributed by atoms with van der Waals surface area (Å²) in [7, 11) is 1.55. The lowest BCUT2D eigenvalue weighted by molar-refractivity contribution is 0.102. The number of rotatable bonds is 4. The van der Waals surface area contributed by atoms with Crippen LogP contribution >= 0.6 is 0 Å². The molecule has 0 aliphatic heterocycles. The normalized spacial score (nSPS) is 11.0. The third-order valence-corrected chi connectivity index (χ3v) is 4.79. The standard InChI is InChI=1S/C22H18F2N4O2/c1-12-21(13(2)28(27-12)19-8-5-15(23)11-17(19)24)22(29)25-16-6-7-18-14(10-16)4-9-20(26-18)30-3/h4-11H,1-3H3,(H,25,29). The second-order valence-electron chi connectivity index (χ2n) is 6.77. The zero-order chi connectivity index (χ0) is 21.4. The highest BCUT2D eigenvalue weighted by Gasteiger charge is 2.21. The average molecular weight is 408 g/mol. The molecule has 8 heteroatoms. The van der Waals surface area contributed by atoms with Gasteiger partial charge in [-0.2, -0.15) is 5.10 Å². The maximum atomic E-state index is 14.2. The van der Waals surface area contributed by atoms with Crippen molar-refractivity contribution >= 4 is 22.5 Å². The van der Waals surface area contributed by atoms with E-state index >= 15 is 0 Å². The Morgan fingerprint density at radius 3 is 2.60 bits per heavy atom. The molecule has 0 aliphatic carbocycles. The quantitative estimate of drug-likeness (QED) is 0.537. The second-order valence-corrected chi connectivity index (χ2v) is 6.77. The zero-order valence-electron chi connectivity index (χ0n) is 16.5. The smallest absolute Gasteiger partial charge is 0.259 e. The number of benzene rings is 2. The number of methoxy groups -OCH3 is 1. The van der Waals surface area contributed by atoms with E-state index in [1.54, 1.807) is 45.2 Å². The van der Waals surface area contributed by atoms with Crippen molar-refractivity contribution in [1.82, 2.24) is 14.8 Å². The monoisotopic (exact) mass is 408 g/mol. The van der Waals surface area contributed by atoms with E-state index in [-0.39, 0.29) is 11.6 Å². The summed E-state index contributed by atoms with van der Waals surface area (Å²) in [5, 5.41) is 7.96. The van der Waals surface area contributed by atoms with E-state index in [1.165, 1.54) is 10.7 Å². The van der Waals surface area contributed by atoms with Crippen LogP contribution in [0.15, 0.2) is 48.5 Å². The number of carbonyl (C=O) groups is 1. The van der Waals surface area contributed by atoms with Gasteiger partial charge in [-0.05, 0) is 50.2 Å². The molecule has 0 bridgehead atoms. The molecule has 1 N–H and O–H groups in total. The highest BCUT2D eigenvalue weighted by atomic mass is 19.1. The molecule has 0 radical (unpaired) electrons. The van der Waals surface area contributed by atoms with Crippen molar-refractivity contribution in [3.05, 3.63) is 77.1 Å². The number of carbonyl (C=O) groups excluding carboxylic acids is 1. The van der Waals surface area contributed by atoms with Crippen LogP contribution in [0, 0.1) is 25.5 Å². The van der Waals surface area contributed by atoms with Gasteiger partial charge in [0, 0.05) is 23.2 Å². The molecule has 30 heavy (non-hydrogen) atoms. The van der Waals surface area contributed by atoms with Gasteiger partial charge in [0.05, 0.1) is 29.6 Å². The molecule has 0 saturated carbocycles. The number of hydrogen-bond donors (Lipinski definition) is 1. The molecule has 2 aromatic heterocycles. The van der Waals surface area contributed by atoms with Crippen LogP contribution in [-0.4, -0.2) is 27.8 Å². The summed E-state index contributed by atoms with van der Waals surface area (Å²) in [4.78, 5) is 17.3. The number of aromatic nitrogens is 3. The molecule has 0 aliphatic rings. The van der Waals surface area contributed by atoms with Gasteiger partial charge in [0.15, 0.2) is 5.82 Å². The zero-order valence-corrected chi connectivity index (χ0v) is 16.5. The minimum Gasteiger partial charge on any atom is -0.481 e. The van der Waals surface area contributed by atoms with Gasteiger partial charge in [-0.1, -0.05) is 0 Å². The maximum absolute atomic E-state index is 14.2. The molecule has 1 amide bonds. The van der Waals surface area contributed by atoms with Gasteiger partial charge in [0.25, 0.3) is 5.91 Å². The van der Waals surface area contributed by atoms with Crippen LogP contribution in [-0.2, 0) is 0 Å². The summed E-state index contributed by atoms with van der Waals surface area (Å²) in [5.41, 5.74) is 2.59. The molecule has 4 rings (SSSR count). The summed E-state index contributed by atoms with van der Waals surface area (Å²) < 4.78 is 33.8. The first-order valence-corrected chi connectivity index (χ1v) is 9.15. The summed E-state index contributed by atoms with van der Waals surface area (Å²) in [6.45, 7) is 3.32. The van der Waals surface area contributed by atoms with Gasteiger partial charge >= 0.3 is 0 Å². The van der Waals surface area contributed by atoms with E-state index in [0.717, 1.165) is 23.0 Å². The molecule has 6 nitrogen and oxygen atoms in total. The number of nitrogens with zero attached hydrogens (tertiary/aromatic N) is 3. The summed E-state index contributed by atoms with van der Waals surface area (Å²) >= 11 is 0. The first-order valence-electron chi connectivity index (χ1n) is 9.15. The molecular formula is C22H18F2N4O2. The number of amides is 1. The lowest BCUT2D eigenvalue weighted by Crippen LogP contribution is -2.14. The largest absolute Gasteiger partial charge is 0.481 e. The van der Waals surface area contributed by atoms with Crippen LogP contribution in [0.25, 0.3) is 16.6 Å². The number of hydrogen-bond acceptors (Lipinski definition) is 4. The fraction of sp³-hybridized carbons (Fsp3) is 0.136. The predicted octanol–water partition coefficient (Wildman–Crippen LogP) is 4.58. The Labute approximate surface area is 171 Å². The van der Waals surface area contributed by atoms with Gasteiger partial charge in [0.2, 0.25) is 5.88 Å². The number of anilines is 1. The number of ether oxygens (including phenoxy) is 1. The second kappa shape index (κ2) is 7.55.